The molecule has 0 radical (unpaired) electrons. The molecule has 18 heavy (non-hydrogen) atoms. The first-order valence-electron chi connectivity index (χ1n) is 5.38. The lowest BCUT2D eigenvalue weighted by molar-refractivity contribution is -0.116. The van der Waals surface area contributed by atoms with E-state index in [1.165, 1.54) is 11.3 Å². The summed E-state index contributed by atoms with van der Waals surface area (Å²) in [5, 5.41) is 2.78. The summed E-state index contributed by atoms with van der Waals surface area (Å²) in [5.74, 6) is 0.898. The van der Waals surface area contributed by atoms with Crippen LogP contribution in [0.15, 0.2) is 28.1 Å². The Morgan fingerprint density at radius 3 is 2.94 bits per heavy atom. The molecule has 0 aliphatic heterocycles. The average molecular weight is 326 g/mol. The first-order valence-corrected chi connectivity index (χ1v) is 7.05. The monoisotopic (exact) mass is 325 g/mol. The van der Waals surface area contributed by atoms with E-state index < -0.39 is 0 Å². The number of rotatable bonds is 4. The molecule has 1 heterocycles. The van der Waals surface area contributed by atoms with Crippen molar-refractivity contribution in [2.45, 2.75) is 13.3 Å². The van der Waals surface area contributed by atoms with Crippen LogP contribution < -0.4 is 4.74 Å². The van der Waals surface area contributed by atoms with E-state index in [1.54, 1.807) is 14.0 Å². The number of methoxy groups -OCH3 is 1. The topological polar surface area (TPSA) is 39.2 Å². The van der Waals surface area contributed by atoms with E-state index in [-0.39, 0.29) is 5.78 Å². The van der Waals surface area contributed by atoms with Gasteiger partial charge in [0.05, 0.1) is 18.4 Å². The summed E-state index contributed by atoms with van der Waals surface area (Å²) in [6.07, 6.45) is 0.382. The minimum absolute atomic E-state index is 0.119. The fraction of sp³-hybridized carbons (Fsp3) is 0.231. The van der Waals surface area contributed by atoms with Crippen molar-refractivity contribution in [1.29, 1.82) is 0 Å². The number of benzene rings is 1. The quantitative estimate of drug-likeness (QED) is 0.860. The Morgan fingerprint density at radius 1 is 1.50 bits per heavy atom. The van der Waals surface area contributed by atoms with E-state index in [0.29, 0.717) is 6.42 Å². The largest absolute Gasteiger partial charge is 0.496 e. The van der Waals surface area contributed by atoms with E-state index in [0.717, 1.165) is 26.5 Å². The summed E-state index contributed by atoms with van der Waals surface area (Å²) < 4.78 is 6.30. The van der Waals surface area contributed by atoms with Gasteiger partial charge in [-0.1, -0.05) is 15.9 Å². The van der Waals surface area contributed by atoms with Crippen molar-refractivity contribution in [3.63, 3.8) is 0 Å². The number of carbonyl (C=O) groups is 1. The maximum atomic E-state index is 11.1. The van der Waals surface area contributed by atoms with Crippen molar-refractivity contribution >= 4 is 33.0 Å². The van der Waals surface area contributed by atoms with Crippen LogP contribution in [0.25, 0.3) is 10.6 Å². The summed E-state index contributed by atoms with van der Waals surface area (Å²) >= 11 is 4.96. The number of ether oxygens (including phenoxy) is 1. The van der Waals surface area contributed by atoms with Gasteiger partial charge in [0.1, 0.15) is 16.5 Å². The van der Waals surface area contributed by atoms with Crippen LogP contribution in [0.3, 0.4) is 0 Å². The van der Waals surface area contributed by atoms with Crippen LogP contribution in [0.4, 0.5) is 0 Å². The third-order valence-electron chi connectivity index (χ3n) is 2.37. The number of halogens is 1. The molecular weight excluding hydrogens is 314 g/mol. The van der Waals surface area contributed by atoms with Gasteiger partial charge in [-0.2, -0.15) is 0 Å². The molecule has 0 unspecified atom stereocenters. The maximum absolute atomic E-state index is 11.1. The fourth-order valence-corrected chi connectivity index (χ4v) is 2.82. The Bertz CT molecular complexity index is 580. The molecule has 0 fully saturated rings. The lowest BCUT2D eigenvalue weighted by Gasteiger charge is -2.06. The summed E-state index contributed by atoms with van der Waals surface area (Å²) in [5.41, 5.74) is 1.75. The molecule has 2 rings (SSSR count). The minimum Gasteiger partial charge on any atom is -0.496 e. The summed E-state index contributed by atoms with van der Waals surface area (Å²) in [7, 11) is 1.64. The van der Waals surface area contributed by atoms with E-state index in [4.69, 9.17) is 4.74 Å². The molecule has 0 N–H and O–H groups in total. The third-order valence-corrected chi connectivity index (χ3v) is 3.79. The van der Waals surface area contributed by atoms with Crippen LogP contribution in [0.2, 0.25) is 0 Å². The summed E-state index contributed by atoms with van der Waals surface area (Å²) in [6.45, 7) is 1.57. The van der Waals surface area contributed by atoms with Crippen molar-refractivity contribution in [3.05, 3.63) is 33.7 Å². The number of thiazole rings is 1. The van der Waals surface area contributed by atoms with Gasteiger partial charge < -0.3 is 4.74 Å². The second-order valence-electron chi connectivity index (χ2n) is 3.87. The first-order chi connectivity index (χ1) is 8.60. The average Bonchev–Trinajstić information content (AvgIpc) is 2.76. The Hall–Kier alpha value is -1.20. The number of hydrogen-bond donors (Lipinski definition) is 0. The molecule has 94 valence electrons. The Labute approximate surface area is 118 Å². The normalized spacial score (nSPS) is 10.4. The smallest absolute Gasteiger partial charge is 0.135 e. The van der Waals surface area contributed by atoms with E-state index in [1.807, 2.05) is 23.6 Å². The number of carbonyl (C=O) groups excluding carboxylic acids is 1. The van der Waals surface area contributed by atoms with Gasteiger partial charge in [-0.15, -0.1) is 11.3 Å². The van der Waals surface area contributed by atoms with Gasteiger partial charge >= 0.3 is 0 Å². The van der Waals surface area contributed by atoms with Crippen LogP contribution in [0, 0.1) is 0 Å². The molecule has 0 amide bonds. The van der Waals surface area contributed by atoms with Crippen LogP contribution in [0.1, 0.15) is 12.6 Å². The highest BCUT2D eigenvalue weighted by Crippen LogP contribution is 2.34. The number of aromatic nitrogens is 1. The van der Waals surface area contributed by atoms with Gasteiger partial charge in [-0.25, -0.2) is 4.98 Å². The molecule has 0 atom stereocenters. The summed E-state index contributed by atoms with van der Waals surface area (Å²) in [6, 6.07) is 5.78. The fourth-order valence-electron chi connectivity index (χ4n) is 1.61. The molecule has 0 aliphatic carbocycles. The zero-order valence-electron chi connectivity index (χ0n) is 10.1. The SMILES string of the molecule is COc1ccc(Br)cc1-c1nc(CC(C)=O)cs1. The maximum Gasteiger partial charge on any atom is 0.135 e. The van der Waals surface area contributed by atoms with Crippen LogP contribution >= 0.6 is 27.3 Å². The second-order valence-corrected chi connectivity index (χ2v) is 5.64. The van der Waals surface area contributed by atoms with Gasteiger partial charge in [-0.05, 0) is 25.1 Å². The Kier molecular flexibility index (Phi) is 4.14. The predicted molar refractivity (Wildman–Crippen MR) is 76.2 cm³/mol. The van der Waals surface area contributed by atoms with Crippen molar-refractivity contribution in [3.8, 4) is 16.3 Å². The molecule has 5 heteroatoms. The van der Waals surface area contributed by atoms with Gasteiger partial charge in [0.2, 0.25) is 0 Å². The van der Waals surface area contributed by atoms with Gasteiger partial charge in [-0.3, -0.25) is 4.79 Å². The standard InChI is InChI=1S/C13H12BrNO2S/c1-8(16)5-10-7-18-13(15-10)11-6-9(14)3-4-12(11)17-2/h3-4,6-7H,5H2,1-2H3. The van der Waals surface area contributed by atoms with Crippen LogP contribution in [-0.4, -0.2) is 17.9 Å². The summed E-state index contributed by atoms with van der Waals surface area (Å²) in [4.78, 5) is 15.5. The molecule has 1 aromatic carbocycles. The van der Waals surface area contributed by atoms with Crippen molar-refractivity contribution in [1.82, 2.24) is 4.98 Å². The second kappa shape index (κ2) is 5.63. The number of Topliss-reactive ketones (excluding diaryl/α,β-unsaturated/α-hetero) is 1. The minimum atomic E-state index is 0.119. The van der Waals surface area contributed by atoms with Gasteiger partial charge in [0.25, 0.3) is 0 Å². The molecule has 0 aliphatic rings. The van der Waals surface area contributed by atoms with E-state index in [9.17, 15) is 4.79 Å². The lowest BCUT2D eigenvalue weighted by atomic mass is 10.2. The molecule has 0 spiro atoms. The van der Waals surface area contributed by atoms with Crippen LogP contribution in [0.5, 0.6) is 5.75 Å². The molecule has 0 saturated heterocycles. The number of nitrogens with zero attached hydrogens (tertiary/aromatic N) is 1. The van der Waals surface area contributed by atoms with Crippen molar-refractivity contribution in [2.24, 2.45) is 0 Å². The molecular formula is C13H12BrNO2S. The Balaban J connectivity index is 2.38. The van der Waals surface area contributed by atoms with Gasteiger partial charge in [0.15, 0.2) is 0 Å². The van der Waals surface area contributed by atoms with Crippen molar-refractivity contribution < 1.29 is 9.53 Å². The van der Waals surface area contributed by atoms with E-state index >= 15 is 0 Å². The highest BCUT2D eigenvalue weighted by molar-refractivity contribution is 9.10. The Morgan fingerprint density at radius 2 is 2.28 bits per heavy atom. The third kappa shape index (κ3) is 2.97. The predicted octanol–water partition coefficient (Wildman–Crippen LogP) is 3.71. The molecule has 2 aromatic rings. The van der Waals surface area contributed by atoms with Gasteiger partial charge in [0, 0.05) is 16.3 Å². The molecule has 1 aromatic heterocycles. The highest BCUT2D eigenvalue weighted by atomic mass is 79.9. The van der Waals surface area contributed by atoms with Crippen molar-refractivity contribution in [2.75, 3.05) is 7.11 Å². The zero-order valence-corrected chi connectivity index (χ0v) is 12.5. The number of hydrogen-bond acceptors (Lipinski definition) is 4. The highest BCUT2D eigenvalue weighted by Gasteiger charge is 2.11. The number of ketones is 1. The molecule has 0 bridgehead atoms. The zero-order chi connectivity index (χ0) is 13.1. The van der Waals surface area contributed by atoms with Crippen LogP contribution in [-0.2, 0) is 11.2 Å². The molecule has 3 nitrogen and oxygen atoms in total. The van der Waals surface area contributed by atoms with E-state index in [2.05, 4.69) is 20.9 Å². The molecule has 0 saturated carbocycles. The first kappa shape index (κ1) is 13.2. The lowest BCUT2D eigenvalue weighted by Crippen LogP contribution is -1.96.